The van der Waals surface area contributed by atoms with Crippen LogP contribution >= 0.6 is 0 Å². The molecule has 5 nitrogen and oxygen atoms in total. The van der Waals surface area contributed by atoms with E-state index in [2.05, 4.69) is 12.2 Å². The minimum atomic E-state index is -0.958. The molecule has 1 aliphatic rings. The predicted molar refractivity (Wildman–Crippen MR) is 83.2 cm³/mol. The van der Waals surface area contributed by atoms with Gasteiger partial charge in [-0.1, -0.05) is 27.2 Å². The zero-order valence-corrected chi connectivity index (χ0v) is 13.8. The van der Waals surface area contributed by atoms with E-state index < -0.39 is 12.0 Å². The molecule has 0 unspecified atom stereocenters. The van der Waals surface area contributed by atoms with Gasteiger partial charge in [-0.25, -0.2) is 9.59 Å². The molecule has 1 fully saturated rings. The van der Waals surface area contributed by atoms with E-state index in [0.717, 1.165) is 31.6 Å². The second-order valence-corrected chi connectivity index (χ2v) is 6.66. The molecular formula is C16H30N2O3. The molecule has 2 amide bonds. The number of hydrogen-bond donors (Lipinski definition) is 2. The van der Waals surface area contributed by atoms with Crippen molar-refractivity contribution in [3.8, 4) is 0 Å². The molecule has 0 aromatic heterocycles. The minimum Gasteiger partial charge on any atom is -0.480 e. The third-order valence-corrected chi connectivity index (χ3v) is 4.56. The third kappa shape index (κ3) is 5.56. The van der Waals surface area contributed by atoms with Crippen LogP contribution in [-0.2, 0) is 4.79 Å². The third-order valence-electron chi connectivity index (χ3n) is 4.56. The van der Waals surface area contributed by atoms with Crippen molar-refractivity contribution in [1.29, 1.82) is 0 Å². The molecule has 0 spiro atoms. The van der Waals surface area contributed by atoms with Crippen LogP contribution in [0, 0.1) is 11.8 Å². The van der Waals surface area contributed by atoms with Crippen LogP contribution in [0.3, 0.4) is 0 Å². The maximum absolute atomic E-state index is 12.2. The van der Waals surface area contributed by atoms with Gasteiger partial charge in [0.25, 0.3) is 0 Å². The van der Waals surface area contributed by atoms with Gasteiger partial charge >= 0.3 is 12.0 Å². The fourth-order valence-electron chi connectivity index (χ4n) is 3.05. The van der Waals surface area contributed by atoms with Gasteiger partial charge in [0.15, 0.2) is 0 Å². The smallest absolute Gasteiger partial charge is 0.326 e. The Balaban J connectivity index is 2.51. The lowest BCUT2D eigenvalue weighted by molar-refractivity contribution is -0.139. The van der Waals surface area contributed by atoms with Gasteiger partial charge in [-0.2, -0.15) is 0 Å². The molecule has 5 heteroatoms. The maximum atomic E-state index is 12.2. The molecule has 0 radical (unpaired) electrons. The van der Waals surface area contributed by atoms with Gasteiger partial charge < -0.3 is 15.3 Å². The lowest BCUT2D eigenvalue weighted by Gasteiger charge is -2.35. The van der Waals surface area contributed by atoms with Crippen molar-refractivity contribution in [2.24, 2.45) is 11.8 Å². The lowest BCUT2D eigenvalue weighted by Crippen LogP contribution is -2.50. The van der Waals surface area contributed by atoms with Crippen molar-refractivity contribution < 1.29 is 14.7 Å². The molecule has 122 valence electrons. The van der Waals surface area contributed by atoms with Crippen molar-refractivity contribution in [3.63, 3.8) is 0 Å². The van der Waals surface area contributed by atoms with Crippen LogP contribution in [0.1, 0.15) is 59.3 Å². The number of nitrogens with one attached hydrogen (secondary N) is 1. The number of carboxylic acid groups (broad SMARTS) is 1. The first-order chi connectivity index (χ1) is 9.85. The zero-order valence-electron chi connectivity index (χ0n) is 13.8. The Labute approximate surface area is 128 Å². The monoisotopic (exact) mass is 298 g/mol. The Bertz CT molecular complexity index is 349. The standard InChI is InChI=1S/C16H30N2O3/c1-5-12-6-8-13(9-7-12)18(4)16(21)17-14(15(19)20)10-11(2)3/h11-14H,5-10H2,1-4H3,(H,17,21)(H,19,20)/t12?,13?,14-/m0/s1. The summed E-state index contributed by atoms with van der Waals surface area (Å²) in [6.45, 7) is 6.13. The maximum Gasteiger partial charge on any atom is 0.326 e. The van der Waals surface area contributed by atoms with Gasteiger partial charge in [0.05, 0.1) is 0 Å². The van der Waals surface area contributed by atoms with E-state index in [1.54, 1.807) is 11.9 Å². The molecule has 1 aliphatic carbocycles. The topological polar surface area (TPSA) is 69.6 Å². The van der Waals surface area contributed by atoms with Crippen LogP contribution in [0.25, 0.3) is 0 Å². The summed E-state index contributed by atoms with van der Waals surface area (Å²) in [4.78, 5) is 25.2. The molecule has 0 aromatic carbocycles. The Hall–Kier alpha value is -1.26. The fraction of sp³-hybridized carbons (Fsp3) is 0.875. The summed E-state index contributed by atoms with van der Waals surface area (Å²) in [5, 5.41) is 11.9. The number of aliphatic carboxylic acids is 1. The number of urea groups is 1. The van der Waals surface area contributed by atoms with Gasteiger partial charge in [0, 0.05) is 13.1 Å². The van der Waals surface area contributed by atoms with E-state index in [1.807, 2.05) is 13.8 Å². The summed E-state index contributed by atoms with van der Waals surface area (Å²) < 4.78 is 0. The van der Waals surface area contributed by atoms with Crippen molar-refractivity contribution in [2.45, 2.75) is 71.4 Å². The minimum absolute atomic E-state index is 0.233. The summed E-state index contributed by atoms with van der Waals surface area (Å²) in [6, 6.07) is -0.823. The number of carbonyl (C=O) groups excluding carboxylic acids is 1. The van der Waals surface area contributed by atoms with Crippen LogP contribution < -0.4 is 5.32 Å². The zero-order chi connectivity index (χ0) is 16.0. The first-order valence-electron chi connectivity index (χ1n) is 8.11. The summed E-state index contributed by atoms with van der Waals surface area (Å²) in [6.07, 6.45) is 6.02. The molecule has 0 heterocycles. The quantitative estimate of drug-likeness (QED) is 0.791. The number of rotatable bonds is 6. The predicted octanol–water partition coefficient (Wildman–Crippen LogP) is 3.10. The summed E-state index contributed by atoms with van der Waals surface area (Å²) in [5.41, 5.74) is 0. The van der Waals surface area contributed by atoms with E-state index in [4.69, 9.17) is 0 Å². The van der Waals surface area contributed by atoms with E-state index in [9.17, 15) is 14.7 Å². The normalized spacial score (nSPS) is 23.7. The number of hydrogen-bond acceptors (Lipinski definition) is 2. The van der Waals surface area contributed by atoms with Crippen LogP contribution in [0.5, 0.6) is 0 Å². The highest BCUT2D eigenvalue weighted by molar-refractivity contribution is 5.82. The molecule has 0 aromatic rings. The molecule has 1 saturated carbocycles. The van der Waals surface area contributed by atoms with Crippen LogP contribution in [0.15, 0.2) is 0 Å². The Morgan fingerprint density at radius 2 is 1.81 bits per heavy atom. The highest BCUT2D eigenvalue weighted by Gasteiger charge is 2.28. The van der Waals surface area contributed by atoms with Gasteiger partial charge in [-0.05, 0) is 43.9 Å². The Morgan fingerprint density at radius 3 is 2.24 bits per heavy atom. The molecule has 0 bridgehead atoms. The molecule has 21 heavy (non-hydrogen) atoms. The fourth-order valence-corrected chi connectivity index (χ4v) is 3.05. The van der Waals surface area contributed by atoms with E-state index >= 15 is 0 Å². The van der Waals surface area contributed by atoms with Gasteiger partial charge in [0.1, 0.15) is 6.04 Å². The van der Waals surface area contributed by atoms with Crippen molar-refractivity contribution >= 4 is 12.0 Å². The summed E-state index contributed by atoms with van der Waals surface area (Å²) >= 11 is 0. The molecule has 1 rings (SSSR count). The Morgan fingerprint density at radius 1 is 1.24 bits per heavy atom. The van der Waals surface area contributed by atoms with E-state index in [1.165, 1.54) is 6.42 Å². The number of carbonyl (C=O) groups is 2. The molecule has 0 aliphatic heterocycles. The second kappa shape index (κ2) is 8.25. The molecule has 0 saturated heterocycles. The van der Waals surface area contributed by atoms with Gasteiger partial charge in [-0.15, -0.1) is 0 Å². The number of nitrogens with zero attached hydrogens (tertiary/aromatic N) is 1. The van der Waals surface area contributed by atoms with E-state index in [-0.39, 0.29) is 18.0 Å². The molecule has 2 N–H and O–H groups in total. The first kappa shape index (κ1) is 17.8. The van der Waals surface area contributed by atoms with Crippen LogP contribution in [0.2, 0.25) is 0 Å². The average Bonchev–Trinajstić information content (AvgIpc) is 2.45. The SMILES string of the molecule is CCC1CCC(N(C)C(=O)N[C@@H](CC(C)C)C(=O)O)CC1. The van der Waals surface area contributed by atoms with Gasteiger partial charge in [-0.3, -0.25) is 0 Å². The van der Waals surface area contributed by atoms with Crippen LogP contribution in [-0.4, -0.2) is 41.1 Å². The number of carboxylic acids is 1. The molecule has 1 atom stereocenters. The summed E-state index contributed by atoms with van der Waals surface area (Å²) in [7, 11) is 1.78. The van der Waals surface area contributed by atoms with Gasteiger partial charge in [0.2, 0.25) is 0 Å². The first-order valence-corrected chi connectivity index (χ1v) is 8.11. The second-order valence-electron chi connectivity index (χ2n) is 6.66. The van der Waals surface area contributed by atoms with Crippen molar-refractivity contribution in [3.05, 3.63) is 0 Å². The largest absolute Gasteiger partial charge is 0.480 e. The number of amides is 2. The average molecular weight is 298 g/mol. The summed E-state index contributed by atoms with van der Waals surface area (Å²) in [5.74, 6) is 0.0576. The molecular weight excluding hydrogens is 268 g/mol. The van der Waals surface area contributed by atoms with E-state index in [0.29, 0.717) is 6.42 Å². The van der Waals surface area contributed by atoms with Crippen LogP contribution in [0.4, 0.5) is 4.79 Å². The highest BCUT2D eigenvalue weighted by atomic mass is 16.4. The van der Waals surface area contributed by atoms with Crippen molar-refractivity contribution in [1.82, 2.24) is 10.2 Å². The highest BCUT2D eigenvalue weighted by Crippen LogP contribution is 2.28. The van der Waals surface area contributed by atoms with Crippen molar-refractivity contribution in [2.75, 3.05) is 7.05 Å². The Kier molecular flexibility index (Phi) is 6.99. The lowest BCUT2D eigenvalue weighted by atomic mass is 9.84.